The van der Waals surface area contributed by atoms with Crippen LogP contribution in [-0.4, -0.2) is 41.0 Å². The Morgan fingerprint density at radius 1 is 1.40 bits per heavy atom. The summed E-state index contributed by atoms with van der Waals surface area (Å²) in [6.07, 6.45) is -0.120. The number of benzene rings is 1. The number of nitrogens with zero attached hydrogens (tertiary/aromatic N) is 2. The Morgan fingerprint density at radius 2 is 2.16 bits per heavy atom. The molecule has 6 nitrogen and oxygen atoms in total. The number of carbonyl (C=O) groups is 1. The molecule has 0 aliphatic carbocycles. The van der Waals surface area contributed by atoms with E-state index in [2.05, 4.69) is 15.7 Å². The van der Waals surface area contributed by atoms with Crippen LogP contribution in [0.5, 0.6) is 0 Å². The van der Waals surface area contributed by atoms with Gasteiger partial charge in [0.25, 0.3) is 0 Å². The number of hydrogen-bond donors (Lipinski definition) is 2. The van der Waals surface area contributed by atoms with Crippen LogP contribution in [0.15, 0.2) is 30.3 Å². The highest BCUT2D eigenvalue weighted by molar-refractivity contribution is 5.85. The van der Waals surface area contributed by atoms with Crippen LogP contribution in [0, 0.1) is 13.8 Å². The van der Waals surface area contributed by atoms with Crippen molar-refractivity contribution >= 4 is 18.3 Å². The summed E-state index contributed by atoms with van der Waals surface area (Å²) in [6.45, 7) is 7.72. The summed E-state index contributed by atoms with van der Waals surface area (Å²) < 4.78 is 7.46. The van der Waals surface area contributed by atoms with E-state index in [4.69, 9.17) is 4.74 Å². The van der Waals surface area contributed by atoms with Gasteiger partial charge in [0.05, 0.1) is 24.1 Å². The quantitative estimate of drug-likeness (QED) is 0.869. The molecule has 3 rings (SSSR count). The Bertz CT molecular complexity index is 732. The second kappa shape index (κ2) is 8.47. The van der Waals surface area contributed by atoms with Gasteiger partial charge < -0.3 is 15.4 Å². The predicted octanol–water partition coefficient (Wildman–Crippen LogP) is 1.90. The molecule has 1 amide bonds. The summed E-state index contributed by atoms with van der Waals surface area (Å²) >= 11 is 0. The number of hydrogen-bond acceptors (Lipinski definition) is 4. The van der Waals surface area contributed by atoms with Crippen LogP contribution in [0.1, 0.15) is 23.9 Å². The molecule has 1 saturated heterocycles. The summed E-state index contributed by atoms with van der Waals surface area (Å²) in [7, 11) is 0. The minimum atomic E-state index is -0.306. The number of morpholine rings is 1. The maximum absolute atomic E-state index is 12.4. The Kier molecular flexibility index (Phi) is 6.58. The molecule has 0 spiro atoms. The van der Waals surface area contributed by atoms with Crippen LogP contribution in [0.3, 0.4) is 0 Å². The number of halogens is 1. The van der Waals surface area contributed by atoms with Crippen molar-refractivity contribution in [2.24, 2.45) is 0 Å². The first kappa shape index (κ1) is 19.4. The number of ether oxygens (including phenoxy) is 1. The molecular weight excluding hydrogens is 340 g/mol. The van der Waals surface area contributed by atoms with Crippen LogP contribution >= 0.6 is 12.4 Å². The van der Waals surface area contributed by atoms with Gasteiger partial charge in [-0.3, -0.25) is 4.79 Å². The van der Waals surface area contributed by atoms with Crippen molar-refractivity contribution in [3.05, 3.63) is 47.3 Å². The van der Waals surface area contributed by atoms with E-state index in [0.29, 0.717) is 19.7 Å². The maximum Gasteiger partial charge on any atom is 0.240 e. The lowest BCUT2D eigenvalue weighted by Crippen LogP contribution is -2.55. The summed E-state index contributed by atoms with van der Waals surface area (Å²) in [5, 5.41) is 10.8. The van der Waals surface area contributed by atoms with Gasteiger partial charge in [0.2, 0.25) is 5.91 Å². The molecule has 0 bridgehead atoms. The fraction of sp³-hybridized carbons (Fsp3) is 0.444. The van der Waals surface area contributed by atoms with E-state index < -0.39 is 0 Å². The standard InChI is InChI=1S/C18H24N4O2.ClH/c1-12-10-13(2)22(21-12)16-7-5-4-6-15(16)11-20-18(23)17-14(3)24-9-8-19-17;/h4-7,10,14,17,19H,8-9,11H2,1-3H3,(H,20,23);1H/t14-,17+;/m1./s1. The largest absolute Gasteiger partial charge is 0.375 e. The van der Waals surface area contributed by atoms with E-state index in [0.717, 1.165) is 22.6 Å². The number of aromatic nitrogens is 2. The fourth-order valence-electron chi connectivity index (χ4n) is 3.06. The topological polar surface area (TPSA) is 68.2 Å². The van der Waals surface area contributed by atoms with Crippen molar-refractivity contribution in [1.29, 1.82) is 0 Å². The Labute approximate surface area is 154 Å². The highest BCUT2D eigenvalue weighted by Crippen LogP contribution is 2.17. The van der Waals surface area contributed by atoms with E-state index in [1.54, 1.807) is 0 Å². The van der Waals surface area contributed by atoms with Gasteiger partial charge in [-0.05, 0) is 38.5 Å². The van der Waals surface area contributed by atoms with E-state index >= 15 is 0 Å². The van der Waals surface area contributed by atoms with Crippen molar-refractivity contribution < 1.29 is 9.53 Å². The highest BCUT2D eigenvalue weighted by Gasteiger charge is 2.28. The van der Waals surface area contributed by atoms with Crippen molar-refractivity contribution in [3.63, 3.8) is 0 Å². The molecule has 25 heavy (non-hydrogen) atoms. The molecule has 1 fully saturated rings. The minimum absolute atomic E-state index is 0. The van der Waals surface area contributed by atoms with Gasteiger partial charge in [0, 0.05) is 18.8 Å². The smallest absolute Gasteiger partial charge is 0.240 e. The van der Waals surface area contributed by atoms with Crippen molar-refractivity contribution in [2.75, 3.05) is 13.2 Å². The molecule has 1 aromatic carbocycles. The van der Waals surface area contributed by atoms with Crippen molar-refractivity contribution in [2.45, 2.75) is 39.5 Å². The first-order valence-electron chi connectivity index (χ1n) is 8.30. The first-order chi connectivity index (χ1) is 11.6. The van der Waals surface area contributed by atoms with Crippen LogP contribution < -0.4 is 10.6 Å². The van der Waals surface area contributed by atoms with Gasteiger partial charge in [-0.1, -0.05) is 18.2 Å². The normalized spacial score (nSPS) is 20.0. The van der Waals surface area contributed by atoms with Crippen LogP contribution in [-0.2, 0) is 16.1 Å². The monoisotopic (exact) mass is 364 g/mol. The summed E-state index contributed by atoms with van der Waals surface area (Å²) in [5.41, 5.74) is 4.07. The average Bonchev–Trinajstić information content (AvgIpc) is 2.91. The predicted molar refractivity (Wildman–Crippen MR) is 99.3 cm³/mol. The van der Waals surface area contributed by atoms with Gasteiger partial charge in [-0.2, -0.15) is 5.10 Å². The zero-order valence-electron chi connectivity index (χ0n) is 14.8. The van der Waals surface area contributed by atoms with E-state index in [9.17, 15) is 4.79 Å². The third kappa shape index (κ3) is 4.39. The highest BCUT2D eigenvalue weighted by atomic mass is 35.5. The molecule has 2 aromatic rings. The molecule has 0 saturated carbocycles. The third-order valence-corrected chi connectivity index (χ3v) is 4.28. The van der Waals surface area contributed by atoms with Crippen LogP contribution in [0.2, 0.25) is 0 Å². The molecule has 7 heteroatoms. The number of rotatable bonds is 4. The number of aryl methyl sites for hydroxylation is 2. The molecule has 0 radical (unpaired) electrons. The SMILES string of the molecule is Cc1cc(C)n(-c2ccccc2CNC(=O)[C@H]2NCCO[C@@H]2C)n1.Cl. The Hall–Kier alpha value is -1.89. The molecule has 1 aliphatic rings. The van der Waals surface area contributed by atoms with Gasteiger partial charge >= 0.3 is 0 Å². The molecule has 136 valence electrons. The number of amides is 1. The lowest BCUT2D eigenvalue weighted by atomic mass is 10.1. The molecule has 0 unspecified atom stereocenters. The van der Waals surface area contributed by atoms with Gasteiger partial charge in [0.15, 0.2) is 0 Å². The lowest BCUT2D eigenvalue weighted by Gasteiger charge is -2.29. The summed E-state index contributed by atoms with van der Waals surface area (Å²) in [4.78, 5) is 12.4. The van der Waals surface area contributed by atoms with Crippen LogP contribution in [0.25, 0.3) is 5.69 Å². The molecule has 2 heterocycles. The second-order valence-corrected chi connectivity index (χ2v) is 6.19. The Balaban J connectivity index is 0.00000225. The minimum Gasteiger partial charge on any atom is -0.375 e. The number of nitrogens with one attached hydrogen (secondary N) is 2. The molecule has 2 atom stereocenters. The maximum atomic E-state index is 12.4. The molecular formula is C18H25ClN4O2. The number of carbonyl (C=O) groups excluding carboxylic acids is 1. The van der Waals surface area contributed by atoms with Gasteiger partial charge in [0.1, 0.15) is 6.04 Å². The van der Waals surface area contributed by atoms with Gasteiger partial charge in [-0.25, -0.2) is 4.68 Å². The van der Waals surface area contributed by atoms with E-state index in [-0.39, 0.29) is 30.5 Å². The van der Waals surface area contributed by atoms with E-state index in [1.807, 2.05) is 55.8 Å². The first-order valence-corrected chi connectivity index (χ1v) is 8.30. The van der Waals surface area contributed by atoms with Gasteiger partial charge in [-0.15, -0.1) is 12.4 Å². The zero-order valence-corrected chi connectivity index (χ0v) is 15.6. The van der Waals surface area contributed by atoms with Crippen molar-refractivity contribution in [1.82, 2.24) is 20.4 Å². The summed E-state index contributed by atoms with van der Waals surface area (Å²) in [6, 6.07) is 9.72. The zero-order chi connectivity index (χ0) is 17.1. The fourth-order valence-corrected chi connectivity index (χ4v) is 3.06. The molecule has 1 aromatic heterocycles. The Morgan fingerprint density at radius 3 is 2.84 bits per heavy atom. The third-order valence-electron chi connectivity index (χ3n) is 4.28. The molecule has 1 aliphatic heterocycles. The summed E-state index contributed by atoms with van der Waals surface area (Å²) in [5.74, 6) is -0.0367. The lowest BCUT2D eigenvalue weighted by molar-refractivity contribution is -0.129. The van der Waals surface area contributed by atoms with E-state index in [1.165, 1.54) is 0 Å². The number of para-hydroxylation sites is 1. The average molecular weight is 365 g/mol. The second-order valence-electron chi connectivity index (χ2n) is 6.19. The van der Waals surface area contributed by atoms with Crippen molar-refractivity contribution in [3.8, 4) is 5.69 Å². The molecule has 2 N–H and O–H groups in total. The van der Waals surface area contributed by atoms with Crippen LogP contribution in [0.4, 0.5) is 0 Å².